The number of methoxy groups -OCH3 is 1. The molecule has 154 valence electrons. The average molecular weight is 488 g/mol. The Hall–Kier alpha value is -1.02. The maximum atomic E-state index is 5.41. The van der Waals surface area contributed by atoms with Gasteiger partial charge >= 0.3 is 0 Å². The monoisotopic (exact) mass is 488 g/mol. The fourth-order valence-corrected chi connectivity index (χ4v) is 3.49. The molecule has 1 atom stereocenters. The Kier molecular flexibility index (Phi) is 11.7. The van der Waals surface area contributed by atoms with E-state index in [0.29, 0.717) is 5.92 Å². The summed E-state index contributed by atoms with van der Waals surface area (Å²) in [4.78, 5) is 7.37. The number of hydrogen-bond donors (Lipinski definition) is 2. The third-order valence-electron chi connectivity index (χ3n) is 4.94. The number of halogens is 1. The molecule has 1 aliphatic rings. The minimum atomic E-state index is 0. The highest BCUT2D eigenvalue weighted by atomic mass is 127. The predicted molar refractivity (Wildman–Crippen MR) is 126 cm³/mol. The maximum Gasteiger partial charge on any atom is 0.191 e. The van der Waals surface area contributed by atoms with Gasteiger partial charge in [-0.1, -0.05) is 19.1 Å². The number of nitrogens with zero attached hydrogens (tertiary/aromatic N) is 2. The molecule has 1 unspecified atom stereocenters. The van der Waals surface area contributed by atoms with Gasteiger partial charge in [-0.25, -0.2) is 0 Å². The van der Waals surface area contributed by atoms with E-state index >= 15 is 0 Å². The first-order valence-electron chi connectivity index (χ1n) is 10.0. The van der Waals surface area contributed by atoms with Crippen LogP contribution in [-0.2, 0) is 6.42 Å². The van der Waals surface area contributed by atoms with Crippen LogP contribution in [0.2, 0.25) is 0 Å². The number of benzene rings is 1. The lowest BCUT2D eigenvalue weighted by molar-refractivity contribution is 0.326. The van der Waals surface area contributed by atoms with Crippen LogP contribution < -0.4 is 15.4 Å². The van der Waals surface area contributed by atoms with E-state index in [0.717, 1.165) is 37.8 Å². The van der Waals surface area contributed by atoms with Gasteiger partial charge in [-0.2, -0.15) is 0 Å². The summed E-state index contributed by atoms with van der Waals surface area (Å²) < 4.78 is 5.41. The molecule has 2 N–H and O–H groups in total. The Bertz CT molecular complexity index is 579. The van der Waals surface area contributed by atoms with Crippen molar-refractivity contribution in [3.05, 3.63) is 29.3 Å². The third kappa shape index (κ3) is 8.25. The molecule has 5 nitrogen and oxygen atoms in total. The highest BCUT2D eigenvalue weighted by Gasteiger charge is 2.21. The SMILES string of the molecule is CCCN1CCC(CN=C(NCC)NCCc2ccc(C)c(OC)c2)C1.I. The first-order valence-corrected chi connectivity index (χ1v) is 10.0. The van der Waals surface area contributed by atoms with Crippen LogP contribution in [-0.4, -0.2) is 57.2 Å². The molecule has 2 rings (SSSR count). The van der Waals surface area contributed by atoms with E-state index in [9.17, 15) is 0 Å². The molecule has 0 amide bonds. The molecule has 1 aliphatic heterocycles. The highest BCUT2D eigenvalue weighted by molar-refractivity contribution is 14.0. The van der Waals surface area contributed by atoms with Crippen molar-refractivity contribution in [2.75, 3.05) is 46.4 Å². The molecule has 27 heavy (non-hydrogen) atoms. The highest BCUT2D eigenvalue weighted by Crippen LogP contribution is 2.19. The van der Waals surface area contributed by atoms with E-state index in [1.54, 1.807) is 7.11 Å². The number of nitrogens with one attached hydrogen (secondary N) is 2. The Balaban J connectivity index is 0.00000364. The van der Waals surface area contributed by atoms with Gasteiger partial charge in [-0.15, -0.1) is 24.0 Å². The summed E-state index contributed by atoms with van der Waals surface area (Å²) in [6.07, 6.45) is 3.46. The summed E-state index contributed by atoms with van der Waals surface area (Å²) in [5.74, 6) is 2.58. The van der Waals surface area contributed by atoms with E-state index in [4.69, 9.17) is 9.73 Å². The molecule has 1 aromatic carbocycles. The standard InChI is InChI=1S/C21H36N4O.HI/c1-5-12-25-13-10-19(16-25)15-24-21(22-6-2)23-11-9-18-8-7-17(3)20(14-18)26-4;/h7-8,14,19H,5-6,9-13,15-16H2,1-4H3,(H2,22,23,24);1H. The van der Waals surface area contributed by atoms with Crippen molar-refractivity contribution >= 4 is 29.9 Å². The lowest BCUT2D eigenvalue weighted by Crippen LogP contribution is -2.38. The summed E-state index contributed by atoms with van der Waals surface area (Å²) in [6.45, 7) is 12.7. The van der Waals surface area contributed by atoms with Gasteiger partial charge in [0.2, 0.25) is 0 Å². The second-order valence-corrected chi connectivity index (χ2v) is 7.16. The van der Waals surface area contributed by atoms with Gasteiger partial charge in [0.25, 0.3) is 0 Å². The third-order valence-corrected chi connectivity index (χ3v) is 4.94. The van der Waals surface area contributed by atoms with E-state index in [1.807, 2.05) is 0 Å². The second kappa shape index (κ2) is 13.2. The first-order chi connectivity index (χ1) is 12.7. The molecule has 0 saturated carbocycles. The van der Waals surface area contributed by atoms with Gasteiger partial charge in [0, 0.05) is 26.2 Å². The summed E-state index contributed by atoms with van der Waals surface area (Å²) in [6, 6.07) is 6.42. The van der Waals surface area contributed by atoms with Gasteiger partial charge in [-0.05, 0) is 69.3 Å². The van der Waals surface area contributed by atoms with E-state index in [2.05, 4.69) is 54.5 Å². The predicted octanol–water partition coefficient (Wildman–Crippen LogP) is 3.45. The summed E-state index contributed by atoms with van der Waals surface area (Å²) in [5, 5.41) is 6.83. The van der Waals surface area contributed by atoms with Crippen LogP contribution in [0, 0.1) is 12.8 Å². The zero-order valence-electron chi connectivity index (χ0n) is 17.4. The number of aliphatic imine (C=N–C) groups is 1. The van der Waals surface area contributed by atoms with E-state index < -0.39 is 0 Å². The van der Waals surface area contributed by atoms with Crippen LogP contribution in [0.1, 0.15) is 37.8 Å². The molecule has 0 aromatic heterocycles. The number of hydrogen-bond acceptors (Lipinski definition) is 3. The minimum absolute atomic E-state index is 0. The molecule has 0 spiro atoms. The largest absolute Gasteiger partial charge is 0.496 e. The van der Waals surface area contributed by atoms with Crippen molar-refractivity contribution in [2.45, 2.75) is 40.0 Å². The molecule has 1 aromatic rings. The van der Waals surface area contributed by atoms with Crippen LogP contribution in [0.5, 0.6) is 5.75 Å². The number of guanidine groups is 1. The zero-order chi connectivity index (χ0) is 18.8. The number of likely N-dealkylation sites (tertiary alicyclic amines) is 1. The van der Waals surface area contributed by atoms with E-state index in [1.165, 1.54) is 43.6 Å². The fourth-order valence-electron chi connectivity index (χ4n) is 3.49. The minimum Gasteiger partial charge on any atom is -0.496 e. The fraction of sp³-hybridized carbons (Fsp3) is 0.667. The maximum absolute atomic E-state index is 5.41. The molecule has 0 radical (unpaired) electrons. The van der Waals surface area contributed by atoms with Gasteiger partial charge in [0.1, 0.15) is 5.75 Å². The molecule has 1 fully saturated rings. The van der Waals surface area contributed by atoms with Gasteiger partial charge in [-0.3, -0.25) is 4.99 Å². The number of aryl methyl sites for hydroxylation is 1. The molecule has 1 heterocycles. The van der Waals surface area contributed by atoms with Crippen LogP contribution in [0.15, 0.2) is 23.2 Å². The first kappa shape index (κ1) is 24.0. The van der Waals surface area contributed by atoms with Crippen molar-refractivity contribution in [1.82, 2.24) is 15.5 Å². The summed E-state index contributed by atoms with van der Waals surface area (Å²) in [7, 11) is 1.73. The normalized spacial score (nSPS) is 17.5. The van der Waals surface area contributed by atoms with Crippen LogP contribution in [0.4, 0.5) is 0 Å². The quantitative estimate of drug-likeness (QED) is 0.318. The summed E-state index contributed by atoms with van der Waals surface area (Å²) >= 11 is 0. The van der Waals surface area contributed by atoms with Crippen LogP contribution in [0.25, 0.3) is 0 Å². The molecular formula is C21H37IN4O. The van der Waals surface area contributed by atoms with Crippen LogP contribution >= 0.6 is 24.0 Å². The van der Waals surface area contributed by atoms with Crippen LogP contribution in [0.3, 0.4) is 0 Å². The topological polar surface area (TPSA) is 48.9 Å². The van der Waals surface area contributed by atoms with E-state index in [-0.39, 0.29) is 24.0 Å². The van der Waals surface area contributed by atoms with Crippen molar-refractivity contribution in [3.8, 4) is 5.75 Å². The number of rotatable bonds is 9. The lowest BCUT2D eigenvalue weighted by Gasteiger charge is -2.15. The van der Waals surface area contributed by atoms with Gasteiger partial charge in [0.15, 0.2) is 5.96 Å². The molecule has 0 aliphatic carbocycles. The Morgan fingerprint density at radius 2 is 2.11 bits per heavy atom. The molecule has 1 saturated heterocycles. The molecule has 0 bridgehead atoms. The average Bonchev–Trinajstić information content (AvgIpc) is 3.09. The Morgan fingerprint density at radius 1 is 1.30 bits per heavy atom. The lowest BCUT2D eigenvalue weighted by atomic mass is 10.1. The number of ether oxygens (including phenoxy) is 1. The molecule has 6 heteroatoms. The second-order valence-electron chi connectivity index (χ2n) is 7.16. The van der Waals surface area contributed by atoms with Crippen molar-refractivity contribution in [3.63, 3.8) is 0 Å². The Labute approximate surface area is 182 Å². The van der Waals surface area contributed by atoms with Crippen molar-refractivity contribution in [1.29, 1.82) is 0 Å². The zero-order valence-corrected chi connectivity index (χ0v) is 19.7. The van der Waals surface area contributed by atoms with Crippen molar-refractivity contribution in [2.24, 2.45) is 10.9 Å². The van der Waals surface area contributed by atoms with Crippen molar-refractivity contribution < 1.29 is 4.74 Å². The summed E-state index contributed by atoms with van der Waals surface area (Å²) in [5.41, 5.74) is 2.45. The van der Waals surface area contributed by atoms with Gasteiger partial charge in [0.05, 0.1) is 7.11 Å². The molecular weight excluding hydrogens is 451 g/mol. The smallest absolute Gasteiger partial charge is 0.191 e. The van der Waals surface area contributed by atoms with Gasteiger partial charge < -0.3 is 20.3 Å². The Morgan fingerprint density at radius 3 is 2.81 bits per heavy atom.